The second-order valence-corrected chi connectivity index (χ2v) is 6.55. The van der Waals surface area contributed by atoms with Crippen LogP contribution in [0.2, 0.25) is 0 Å². The highest BCUT2D eigenvalue weighted by molar-refractivity contribution is 5.92. The molecule has 1 amide bonds. The number of hydrogen-bond donors (Lipinski definition) is 0. The molecule has 1 saturated heterocycles. The summed E-state index contributed by atoms with van der Waals surface area (Å²) in [6.07, 6.45) is 9.42. The lowest BCUT2D eigenvalue weighted by atomic mass is 10.1. The molecule has 8 nitrogen and oxygen atoms in total. The van der Waals surface area contributed by atoms with Crippen LogP contribution in [0.25, 0.3) is 0 Å². The Morgan fingerprint density at radius 2 is 2.24 bits per heavy atom. The van der Waals surface area contributed by atoms with Gasteiger partial charge in [0.05, 0.1) is 18.9 Å². The van der Waals surface area contributed by atoms with Gasteiger partial charge in [0.15, 0.2) is 5.82 Å². The zero-order valence-electron chi connectivity index (χ0n) is 14.0. The monoisotopic (exact) mass is 343 g/mol. The molecular formula is C17H21N5O3. The minimum Gasteiger partial charge on any atom is -0.376 e. The third kappa shape index (κ3) is 4.01. The molecule has 2 aromatic rings. The molecule has 1 atom stereocenters. The summed E-state index contributed by atoms with van der Waals surface area (Å²) in [5.41, 5.74) is 0.377. The molecule has 2 aromatic heterocycles. The molecule has 1 aliphatic carbocycles. The zero-order valence-corrected chi connectivity index (χ0v) is 14.0. The van der Waals surface area contributed by atoms with E-state index in [1.54, 1.807) is 11.1 Å². The van der Waals surface area contributed by atoms with Crippen LogP contribution in [0, 0.1) is 0 Å². The molecule has 2 fully saturated rings. The van der Waals surface area contributed by atoms with Crippen LogP contribution in [0.4, 0.5) is 0 Å². The summed E-state index contributed by atoms with van der Waals surface area (Å²) in [5, 5.41) is 4.00. The Morgan fingerprint density at radius 3 is 3.04 bits per heavy atom. The Bertz CT molecular complexity index is 716. The SMILES string of the molecule is O=C(c1cnccn1)N1CCCC(OCCc2noc(C3CC3)n2)C1. The third-order valence-electron chi connectivity index (χ3n) is 4.54. The van der Waals surface area contributed by atoms with E-state index >= 15 is 0 Å². The summed E-state index contributed by atoms with van der Waals surface area (Å²) in [5.74, 6) is 1.84. The van der Waals surface area contributed by atoms with Gasteiger partial charge < -0.3 is 14.2 Å². The van der Waals surface area contributed by atoms with Gasteiger partial charge in [-0.25, -0.2) is 4.98 Å². The van der Waals surface area contributed by atoms with E-state index in [9.17, 15) is 4.79 Å². The minimum atomic E-state index is -0.0892. The van der Waals surface area contributed by atoms with Crippen LogP contribution in [0.5, 0.6) is 0 Å². The van der Waals surface area contributed by atoms with Gasteiger partial charge in [-0.3, -0.25) is 9.78 Å². The van der Waals surface area contributed by atoms with Gasteiger partial charge in [-0.05, 0) is 25.7 Å². The van der Waals surface area contributed by atoms with Gasteiger partial charge in [0, 0.05) is 37.8 Å². The summed E-state index contributed by atoms with van der Waals surface area (Å²) in [6.45, 7) is 1.83. The van der Waals surface area contributed by atoms with Crippen LogP contribution in [-0.4, -0.2) is 56.7 Å². The van der Waals surface area contributed by atoms with Gasteiger partial charge in [-0.15, -0.1) is 0 Å². The first kappa shape index (κ1) is 16.1. The second kappa shape index (κ2) is 7.26. The quantitative estimate of drug-likeness (QED) is 0.786. The predicted octanol–water partition coefficient (Wildman–Crippen LogP) is 1.60. The summed E-state index contributed by atoms with van der Waals surface area (Å²) in [7, 11) is 0. The molecule has 4 rings (SSSR count). The van der Waals surface area contributed by atoms with Crippen molar-refractivity contribution < 1.29 is 14.1 Å². The molecule has 8 heteroatoms. The maximum atomic E-state index is 12.4. The van der Waals surface area contributed by atoms with E-state index in [1.165, 1.54) is 12.4 Å². The van der Waals surface area contributed by atoms with Gasteiger partial charge in [-0.2, -0.15) is 4.98 Å². The number of rotatable bonds is 6. The van der Waals surface area contributed by atoms with E-state index in [0.29, 0.717) is 37.0 Å². The molecule has 1 unspecified atom stereocenters. The fourth-order valence-electron chi connectivity index (χ4n) is 3.01. The minimum absolute atomic E-state index is 0.0316. The average molecular weight is 343 g/mol. The lowest BCUT2D eigenvalue weighted by Crippen LogP contribution is -2.43. The lowest BCUT2D eigenvalue weighted by molar-refractivity contribution is 0.00230. The van der Waals surface area contributed by atoms with Crippen molar-refractivity contribution in [3.8, 4) is 0 Å². The van der Waals surface area contributed by atoms with E-state index in [2.05, 4.69) is 20.1 Å². The molecule has 3 heterocycles. The largest absolute Gasteiger partial charge is 0.376 e. The molecule has 25 heavy (non-hydrogen) atoms. The Labute approximate surface area is 145 Å². The fourth-order valence-corrected chi connectivity index (χ4v) is 3.01. The van der Waals surface area contributed by atoms with Crippen LogP contribution in [0.1, 0.15) is 53.8 Å². The van der Waals surface area contributed by atoms with E-state index in [-0.39, 0.29) is 12.0 Å². The number of piperidine rings is 1. The van der Waals surface area contributed by atoms with Crippen molar-refractivity contribution in [2.75, 3.05) is 19.7 Å². The summed E-state index contributed by atoms with van der Waals surface area (Å²) >= 11 is 0. The Morgan fingerprint density at radius 1 is 1.32 bits per heavy atom. The van der Waals surface area contributed by atoms with Crippen LogP contribution in [0.3, 0.4) is 0 Å². The molecule has 0 N–H and O–H groups in total. The van der Waals surface area contributed by atoms with E-state index < -0.39 is 0 Å². The third-order valence-corrected chi connectivity index (χ3v) is 4.54. The molecule has 2 aliphatic rings. The predicted molar refractivity (Wildman–Crippen MR) is 86.9 cm³/mol. The average Bonchev–Trinajstić information content (AvgIpc) is 3.41. The molecular weight excluding hydrogens is 322 g/mol. The topological polar surface area (TPSA) is 94.2 Å². The first-order valence-electron chi connectivity index (χ1n) is 8.79. The Hall–Kier alpha value is -2.35. The fraction of sp³-hybridized carbons (Fsp3) is 0.588. The van der Waals surface area contributed by atoms with E-state index in [0.717, 1.165) is 38.1 Å². The molecule has 1 saturated carbocycles. The van der Waals surface area contributed by atoms with Crippen molar-refractivity contribution in [2.45, 2.75) is 44.1 Å². The van der Waals surface area contributed by atoms with E-state index in [1.807, 2.05) is 0 Å². The molecule has 0 bridgehead atoms. The van der Waals surface area contributed by atoms with Crippen molar-refractivity contribution in [3.63, 3.8) is 0 Å². The molecule has 0 aromatic carbocycles. The van der Waals surface area contributed by atoms with Crippen LogP contribution < -0.4 is 0 Å². The van der Waals surface area contributed by atoms with Crippen molar-refractivity contribution in [1.29, 1.82) is 0 Å². The number of nitrogens with zero attached hydrogens (tertiary/aromatic N) is 5. The second-order valence-electron chi connectivity index (χ2n) is 6.55. The Kier molecular flexibility index (Phi) is 4.69. The normalized spacial score (nSPS) is 20.6. The number of carbonyl (C=O) groups is 1. The number of likely N-dealkylation sites (tertiary alicyclic amines) is 1. The van der Waals surface area contributed by atoms with Gasteiger partial charge in [0.2, 0.25) is 5.89 Å². The van der Waals surface area contributed by atoms with Crippen molar-refractivity contribution in [2.24, 2.45) is 0 Å². The van der Waals surface area contributed by atoms with Gasteiger partial charge in [0.1, 0.15) is 5.69 Å². The van der Waals surface area contributed by atoms with Crippen molar-refractivity contribution >= 4 is 5.91 Å². The van der Waals surface area contributed by atoms with Crippen molar-refractivity contribution in [1.82, 2.24) is 25.0 Å². The zero-order chi connectivity index (χ0) is 17.1. The lowest BCUT2D eigenvalue weighted by Gasteiger charge is -2.32. The molecule has 1 aliphatic heterocycles. The van der Waals surface area contributed by atoms with E-state index in [4.69, 9.17) is 9.26 Å². The summed E-state index contributed by atoms with van der Waals surface area (Å²) in [4.78, 5) is 26.7. The molecule has 0 spiro atoms. The molecule has 0 radical (unpaired) electrons. The highest BCUT2D eigenvalue weighted by Gasteiger charge is 2.30. The smallest absolute Gasteiger partial charge is 0.274 e. The number of ether oxygens (including phenoxy) is 1. The highest BCUT2D eigenvalue weighted by Crippen LogP contribution is 2.38. The van der Waals surface area contributed by atoms with Gasteiger partial charge in [0.25, 0.3) is 5.91 Å². The van der Waals surface area contributed by atoms with Gasteiger partial charge in [-0.1, -0.05) is 5.16 Å². The first-order chi connectivity index (χ1) is 12.3. The maximum absolute atomic E-state index is 12.4. The number of amides is 1. The summed E-state index contributed by atoms with van der Waals surface area (Å²) in [6, 6.07) is 0. The first-order valence-corrected chi connectivity index (χ1v) is 8.79. The standard InChI is InChI=1S/C17H21N5O3/c23-17(14-10-18-6-7-19-14)22-8-1-2-13(11-22)24-9-5-15-20-16(25-21-15)12-3-4-12/h6-7,10,12-13H,1-5,8-9,11H2. The number of hydrogen-bond acceptors (Lipinski definition) is 7. The van der Waals surface area contributed by atoms with Gasteiger partial charge >= 0.3 is 0 Å². The van der Waals surface area contributed by atoms with Crippen molar-refractivity contribution in [3.05, 3.63) is 36.0 Å². The summed E-state index contributed by atoms with van der Waals surface area (Å²) < 4.78 is 11.2. The highest BCUT2D eigenvalue weighted by atomic mass is 16.5. The maximum Gasteiger partial charge on any atom is 0.274 e. The number of carbonyl (C=O) groups excluding carboxylic acids is 1. The Balaban J connectivity index is 1.25. The number of aromatic nitrogens is 4. The molecule has 132 valence electrons. The van der Waals surface area contributed by atoms with Crippen LogP contribution in [-0.2, 0) is 11.2 Å². The van der Waals surface area contributed by atoms with Crippen LogP contribution >= 0.6 is 0 Å². The van der Waals surface area contributed by atoms with Crippen LogP contribution in [0.15, 0.2) is 23.1 Å².